The third kappa shape index (κ3) is 1.09. The molecule has 0 N–H and O–H groups in total. The molecule has 0 aromatic carbocycles. The number of ketones is 1. The van der Waals surface area contributed by atoms with Crippen LogP contribution >= 0.6 is 0 Å². The van der Waals surface area contributed by atoms with E-state index >= 15 is 0 Å². The van der Waals surface area contributed by atoms with Crippen LogP contribution in [0.25, 0.3) is 0 Å². The van der Waals surface area contributed by atoms with Crippen molar-refractivity contribution < 1.29 is 4.79 Å². The molecule has 0 spiro atoms. The van der Waals surface area contributed by atoms with Crippen LogP contribution < -0.4 is 0 Å². The van der Waals surface area contributed by atoms with E-state index in [2.05, 4.69) is 0 Å². The molecule has 0 saturated heterocycles. The summed E-state index contributed by atoms with van der Waals surface area (Å²) in [7, 11) is 0. The lowest BCUT2D eigenvalue weighted by Crippen LogP contribution is -2.19. The zero-order chi connectivity index (χ0) is 8.84. The van der Waals surface area contributed by atoms with Gasteiger partial charge in [0.25, 0.3) is 0 Å². The van der Waals surface area contributed by atoms with E-state index in [1.807, 2.05) is 0 Å². The van der Waals surface area contributed by atoms with Gasteiger partial charge in [-0.25, -0.2) is 0 Å². The first-order valence-electron chi connectivity index (χ1n) is 5.90. The normalized spacial score (nSPS) is 44.9. The zero-order valence-corrected chi connectivity index (χ0v) is 8.17. The summed E-state index contributed by atoms with van der Waals surface area (Å²) in [6.45, 7) is 0. The predicted molar refractivity (Wildman–Crippen MR) is 51.3 cm³/mol. The van der Waals surface area contributed by atoms with E-state index in [0.29, 0.717) is 17.6 Å². The fraction of sp³-hybridized carbons (Fsp3) is 0.917. The minimum absolute atomic E-state index is 0.496. The molecule has 3 aliphatic carbocycles. The van der Waals surface area contributed by atoms with Gasteiger partial charge in [0.05, 0.1) is 0 Å². The molecule has 13 heavy (non-hydrogen) atoms. The summed E-state index contributed by atoms with van der Waals surface area (Å²) in [4.78, 5) is 11.7. The van der Waals surface area contributed by atoms with Gasteiger partial charge in [-0.2, -0.15) is 0 Å². The van der Waals surface area contributed by atoms with E-state index in [-0.39, 0.29) is 0 Å². The van der Waals surface area contributed by atoms with Gasteiger partial charge in [0.2, 0.25) is 0 Å². The zero-order valence-electron chi connectivity index (χ0n) is 8.17. The molecule has 1 heteroatoms. The highest BCUT2D eigenvalue weighted by molar-refractivity contribution is 5.87. The quantitative estimate of drug-likeness (QED) is 0.603. The highest BCUT2D eigenvalue weighted by Crippen LogP contribution is 2.51. The van der Waals surface area contributed by atoms with Crippen molar-refractivity contribution >= 4 is 5.78 Å². The Kier molecular flexibility index (Phi) is 1.75. The predicted octanol–water partition coefficient (Wildman–Crippen LogP) is 2.79. The molecule has 3 unspecified atom stereocenters. The molecule has 0 radical (unpaired) electrons. The number of hydrogen-bond donors (Lipinski definition) is 0. The van der Waals surface area contributed by atoms with Gasteiger partial charge in [0.15, 0.2) is 0 Å². The van der Waals surface area contributed by atoms with E-state index in [1.165, 1.54) is 44.9 Å². The fourth-order valence-electron chi connectivity index (χ4n) is 4.03. The van der Waals surface area contributed by atoms with Crippen LogP contribution in [0.3, 0.4) is 0 Å². The maximum atomic E-state index is 11.7. The molecule has 3 saturated carbocycles. The molecule has 0 aliphatic heterocycles. The third-order valence-electron chi connectivity index (χ3n) is 4.67. The number of carbonyl (C=O) groups excluding carboxylic acids is 1. The standard InChI is InChI=1S/C12H18O/c13-12-9-5-6-10(12)11(7-9)8-3-1-2-4-8/h8-11H,1-7H2. The van der Waals surface area contributed by atoms with E-state index in [1.54, 1.807) is 0 Å². The van der Waals surface area contributed by atoms with Crippen LogP contribution in [-0.2, 0) is 4.79 Å². The van der Waals surface area contributed by atoms with Crippen molar-refractivity contribution in [3.63, 3.8) is 0 Å². The first-order valence-corrected chi connectivity index (χ1v) is 5.90. The summed E-state index contributed by atoms with van der Waals surface area (Å²) < 4.78 is 0. The van der Waals surface area contributed by atoms with Crippen LogP contribution in [0.15, 0.2) is 0 Å². The van der Waals surface area contributed by atoms with Crippen molar-refractivity contribution in [2.24, 2.45) is 23.7 Å². The van der Waals surface area contributed by atoms with Gasteiger partial charge in [-0.05, 0) is 31.1 Å². The Morgan fingerprint density at radius 3 is 2.31 bits per heavy atom. The molecule has 72 valence electrons. The maximum absolute atomic E-state index is 11.7. The Bertz CT molecular complexity index is 227. The molecule has 0 amide bonds. The number of Topliss-reactive ketones (excluding diaryl/α,β-unsaturated/α-hetero) is 1. The van der Waals surface area contributed by atoms with Gasteiger partial charge in [0.1, 0.15) is 5.78 Å². The van der Waals surface area contributed by atoms with Gasteiger partial charge in [-0.15, -0.1) is 0 Å². The monoisotopic (exact) mass is 178 g/mol. The topological polar surface area (TPSA) is 17.1 Å². The molecule has 1 nitrogen and oxygen atoms in total. The van der Waals surface area contributed by atoms with E-state index < -0.39 is 0 Å². The summed E-state index contributed by atoms with van der Waals surface area (Å²) in [5, 5.41) is 0. The second kappa shape index (κ2) is 2.83. The van der Waals surface area contributed by atoms with Gasteiger partial charge in [-0.3, -0.25) is 4.79 Å². The highest BCUT2D eigenvalue weighted by Gasteiger charge is 2.49. The van der Waals surface area contributed by atoms with Crippen LogP contribution in [0.5, 0.6) is 0 Å². The van der Waals surface area contributed by atoms with Gasteiger partial charge >= 0.3 is 0 Å². The van der Waals surface area contributed by atoms with E-state index in [4.69, 9.17) is 0 Å². The minimum Gasteiger partial charge on any atom is -0.299 e. The number of carbonyl (C=O) groups is 1. The first kappa shape index (κ1) is 8.02. The van der Waals surface area contributed by atoms with Crippen LogP contribution in [0.1, 0.15) is 44.9 Å². The average molecular weight is 178 g/mol. The molecule has 0 aromatic heterocycles. The summed E-state index contributed by atoms with van der Waals surface area (Å²) in [5.41, 5.74) is 0. The molecule has 0 heterocycles. The Hall–Kier alpha value is -0.330. The number of fused-ring (bicyclic) bond motifs is 2. The van der Waals surface area contributed by atoms with Crippen molar-refractivity contribution in [2.75, 3.05) is 0 Å². The lowest BCUT2D eigenvalue weighted by atomic mass is 9.78. The van der Waals surface area contributed by atoms with E-state index in [9.17, 15) is 4.79 Å². The molecule has 3 fully saturated rings. The van der Waals surface area contributed by atoms with Gasteiger partial charge in [0, 0.05) is 11.8 Å². The highest BCUT2D eigenvalue weighted by atomic mass is 16.1. The fourth-order valence-corrected chi connectivity index (χ4v) is 4.03. The van der Waals surface area contributed by atoms with Gasteiger partial charge in [-0.1, -0.05) is 25.7 Å². The molecular formula is C12H18O. The molecule has 3 rings (SSSR count). The van der Waals surface area contributed by atoms with Crippen LogP contribution in [0.2, 0.25) is 0 Å². The average Bonchev–Trinajstić information content (AvgIpc) is 2.82. The molecular weight excluding hydrogens is 160 g/mol. The van der Waals surface area contributed by atoms with Crippen molar-refractivity contribution in [1.29, 1.82) is 0 Å². The SMILES string of the molecule is O=C1C2CCC1C(C1CCCC1)C2. The number of hydrogen-bond acceptors (Lipinski definition) is 1. The van der Waals surface area contributed by atoms with Crippen molar-refractivity contribution in [2.45, 2.75) is 44.9 Å². The van der Waals surface area contributed by atoms with Crippen molar-refractivity contribution in [3.8, 4) is 0 Å². The largest absolute Gasteiger partial charge is 0.299 e. The second-order valence-corrected chi connectivity index (χ2v) is 5.23. The summed E-state index contributed by atoms with van der Waals surface area (Å²) >= 11 is 0. The van der Waals surface area contributed by atoms with Crippen LogP contribution in [0.4, 0.5) is 0 Å². The van der Waals surface area contributed by atoms with Crippen molar-refractivity contribution in [3.05, 3.63) is 0 Å². The molecule has 2 bridgehead atoms. The lowest BCUT2D eigenvalue weighted by molar-refractivity contribution is -0.121. The van der Waals surface area contributed by atoms with E-state index in [0.717, 1.165) is 11.8 Å². The smallest absolute Gasteiger partial charge is 0.139 e. The Labute approximate surface area is 79.9 Å². The minimum atomic E-state index is 0.496. The summed E-state index contributed by atoms with van der Waals surface area (Å²) in [6.07, 6.45) is 9.38. The number of rotatable bonds is 1. The maximum Gasteiger partial charge on any atom is 0.139 e. The Morgan fingerprint density at radius 1 is 1.00 bits per heavy atom. The van der Waals surface area contributed by atoms with Crippen LogP contribution in [0, 0.1) is 23.7 Å². The first-order chi connectivity index (χ1) is 6.36. The Morgan fingerprint density at radius 2 is 1.77 bits per heavy atom. The Balaban J connectivity index is 1.76. The summed E-state index contributed by atoms with van der Waals surface area (Å²) in [6, 6.07) is 0. The second-order valence-electron chi connectivity index (χ2n) is 5.23. The van der Waals surface area contributed by atoms with Gasteiger partial charge < -0.3 is 0 Å². The molecule has 0 aromatic rings. The lowest BCUT2D eigenvalue weighted by Gasteiger charge is -2.25. The van der Waals surface area contributed by atoms with Crippen molar-refractivity contribution in [1.82, 2.24) is 0 Å². The molecule has 3 aliphatic rings. The molecule has 3 atom stereocenters. The van der Waals surface area contributed by atoms with Crippen LogP contribution in [-0.4, -0.2) is 5.78 Å². The summed E-state index contributed by atoms with van der Waals surface area (Å²) in [5.74, 6) is 3.38. The third-order valence-corrected chi connectivity index (χ3v) is 4.67.